The molecule has 2 aromatic carbocycles. The van der Waals surface area contributed by atoms with Crippen LogP contribution in [0.2, 0.25) is 0 Å². The smallest absolute Gasteiger partial charge is 0.264 e. The highest BCUT2D eigenvalue weighted by molar-refractivity contribution is 7.92. The molecule has 12 heteroatoms. The van der Waals surface area contributed by atoms with Gasteiger partial charge >= 0.3 is 0 Å². The van der Waals surface area contributed by atoms with Crippen LogP contribution in [0.25, 0.3) is 33.3 Å². The normalized spacial score (nSPS) is 11.3. The Kier molecular flexibility index (Phi) is 6.22. The minimum Gasteiger partial charge on any atom is -0.480 e. The average molecular weight is 533 g/mol. The molecule has 0 amide bonds. The molecule has 0 aliphatic heterocycles. The van der Waals surface area contributed by atoms with Crippen molar-refractivity contribution in [2.75, 3.05) is 11.8 Å². The molecular formula is C26H18F2N6O3S. The topological polar surface area (TPSA) is 123 Å². The van der Waals surface area contributed by atoms with Crippen LogP contribution in [0.5, 0.6) is 5.88 Å². The van der Waals surface area contributed by atoms with Crippen molar-refractivity contribution in [3.63, 3.8) is 0 Å². The Morgan fingerprint density at radius 3 is 2.42 bits per heavy atom. The molecule has 0 saturated carbocycles. The van der Waals surface area contributed by atoms with Crippen LogP contribution in [0.3, 0.4) is 0 Å². The summed E-state index contributed by atoms with van der Waals surface area (Å²) in [4.78, 5) is 7.63. The summed E-state index contributed by atoms with van der Waals surface area (Å²) >= 11 is 0. The molecule has 5 aromatic rings. The van der Waals surface area contributed by atoms with E-state index >= 15 is 0 Å². The van der Waals surface area contributed by atoms with Gasteiger partial charge in [-0.05, 0) is 48.0 Å². The molecule has 0 radical (unpaired) electrons. The minimum absolute atomic E-state index is 0.0310. The van der Waals surface area contributed by atoms with Crippen molar-refractivity contribution in [1.29, 1.82) is 5.26 Å². The highest BCUT2D eigenvalue weighted by Crippen LogP contribution is 2.34. The number of aromatic nitrogens is 4. The fourth-order valence-corrected chi connectivity index (χ4v) is 5.17. The SMILES string of the molecule is COc1ncc(-c2ccc3nn(C)c(-c4ccc(C#N)nc4)c3c2)cc1NS(=O)(=O)c1ccc(F)cc1F. The molecule has 190 valence electrons. The standard InChI is InChI=1S/C26H18F2N6O3S/c1-34-25(16-3-6-19(12-29)30-13-16)20-9-15(4-7-22(20)32-34)17-10-23(26(37-2)31-14-17)33-38(35,36)24-8-5-18(27)11-21(24)28/h3-11,13-14,33H,1-2H3. The van der Waals surface area contributed by atoms with E-state index in [0.29, 0.717) is 28.4 Å². The first kappa shape index (κ1) is 24.8. The van der Waals surface area contributed by atoms with Crippen molar-refractivity contribution in [1.82, 2.24) is 19.7 Å². The molecule has 0 fully saturated rings. The number of pyridine rings is 2. The molecule has 3 aromatic heterocycles. The maximum atomic E-state index is 14.2. The van der Waals surface area contributed by atoms with Crippen molar-refractivity contribution in [3.8, 4) is 34.3 Å². The molecule has 0 atom stereocenters. The second-order valence-corrected chi connectivity index (χ2v) is 9.86. The van der Waals surface area contributed by atoms with Crippen LogP contribution in [0.4, 0.5) is 14.5 Å². The first-order chi connectivity index (χ1) is 18.2. The third-order valence-electron chi connectivity index (χ3n) is 5.79. The van der Waals surface area contributed by atoms with Gasteiger partial charge in [0, 0.05) is 42.0 Å². The van der Waals surface area contributed by atoms with Crippen molar-refractivity contribution in [2.45, 2.75) is 4.90 Å². The lowest BCUT2D eigenvalue weighted by molar-refractivity contribution is 0.400. The first-order valence-electron chi connectivity index (χ1n) is 11.1. The summed E-state index contributed by atoms with van der Waals surface area (Å²) in [6.07, 6.45) is 3.10. The molecule has 0 saturated heterocycles. The number of aryl methyl sites for hydroxylation is 1. The zero-order valence-corrected chi connectivity index (χ0v) is 20.8. The number of benzene rings is 2. The number of sulfonamides is 1. The second kappa shape index (κ2) is 9.53. The van der Waals surface area contributed by atoms with Crippen LogP contribution in [-0.2, 0) is 17.1 Å². The highest BCUT2D eigenvalue weighted by Gasteiger charge is 2.22. The molecule has 0 unspecified atom stereocenters. The first-order valence-corrected chi connectivity index (χ1v) is 12.5. The predicted octanol–water partition coefficient (Wildman–Crippen LogP) is 4.66. The van der Waals surface area contributed by atoms with Crippen LogP contribution >= 0.6 is 0 Å². The molecule has 3 heterocycles. The summed E-state index contributed by atoms with van der Waals surface area (Å²) in [5.41, 5.74) is 3.73. The lowest BCUT2D eigenvalue weighted by Gasteiger charge is -2.13. The fourth-order valence-electron chi connectivity index (χ4n) is 4.06. The maximum absolute atomic E-state index is 14.2. The Morgan fingerprint density at radius 1 is 0.974 bits per heavy atom. The number of halogens is 2. The molecule has 0 bridgehead atoms. The van der Waals surface area contributed by atoms with E-state index in [1.165, 1.54) is 19.4 Å². The van der Waals surface area contributed by atoms with Gasteiger partial charge in [0.2, 0.25) is 5.88 Å². The van der Waals surface area contributed by atoms with Gasteiger partial charge in [-0.2, -0.15) is 10.4 Å². The number of hydrogen-bond acceptors (Lipinski definition) is 7. The van der Waals surface area contributed by atoms with Gasteiger partial charge < -0.3 is 4.74 Å². The van der Waals surface area contributed by atoms with E-state index < -0.39 is 26.6 Å². The van der Waals surface area contributed by atoms with E-state index in [1.54, 1.807) is 36.1 Å². The Morgan fingerprint density at radius 2 is 1.74 bits per heavy atom. The quantitative estimate of drug-likeness (QED) is 0.338. The highest BCUT2D eigenvalue weighted by atomic mass is 32.2. The van der Waals surface area contributed by atoms with Crippen molar-refractivity contribution in [3.05, 3.63) is 84.3 Å². The molecule has 5 rings (SSSR count). The zero-order valence-electron chi connectivity index (χ0n) is 20.0. The Balaban J connectivity index is 1.57. The molecule has 0 aliphatic carbocycles. The number of anilines is 1. The lowest BCUT2D eigenvalue weighted by atomic mass is 10.0. The van der Waals surface area contributed by atoms with Crippen molar-refractivity contribution in [2.24, 2.45) is 7.05 Å². The average Bonchev–Trinajstić information content (AvgIpc) is 3.23. The van der Waals surface area contributed by atoms with E-state index in [4.69, 9.17) is 10.00 Å². The van der Waals surface area contributed by atoms with Gasteiger partial charge in [0.25, 0.3) is 10.0 Å². The fraction of sp³-hybridized carbons (Fsp3) is 0.0769. The minimum atomic E-state index is -4.43. The maximum Gasteiger partial charge on any atom is 0.264 e. The number of fused-ring (bicyclic) bond motifs is 1. The third-order valence-corrected chi connectivity index (χ3v) is 7.19. The van der Waals surface area contributed by atoms with Crippen LogP contribution in [0.1, 0.15) is 5.69 Å². The van der Waals surface area contributed by atoms with Gasteiger partial charge in [-0.15, -0.1) is 0 Å². The number of ether oxygens (including phenoxy) is 1. The van der Waals surface area contributed by atoms with E-state index in [9.17, 15) is 17.2 Å². The Bertz CT molecular complexity index is 1850. The lowest BCUT2D eigenvalue weighted by Crippen LogP contribution is -2.15. The number of nitrogens with zero attached hydrogens (tertiary/aromatic N) is 5. The number of nitriles is 1. The van der Waals surface area contributed by atoms with Crippen molar-refractivity contribution < 1.29 is 21.9 Å². The van der Waals surface area contributed by atoms with Crippen LogP contribution in [0, 0.1) is 23.0 Å². The molecule has 1 N–H and O–H groups in total. The van der Waals surface area contributed by atoms with E-state index in [-0.39, 0.29) is 11.6 Å². The number of methoxy groups -OCH3 is 1. The Hall–Kier alpha value is -4.89. The van der Waals surface area contributed by atoms with Gasteiger partial charge in [0.15, 0.2) is 0 Å². The number of hydrogen-bond donors (Lipinski definition) is 1. The van der Waals surface area contributed by atoms with E-state index in [0.717, 1.165) is 28.8 Å². The van der Waals surface area contributed by atoms with E-state index in [1.807, 2.05) is 18.2 Å². The van der Waals surface area contributed by atoms with Gasteiger partial charge in [0.1, 0.15) is 34.0 Å². The third kappa shape index (κ3) is 4.51. The molecule has 9 nitrogen and oxygen atoms in total. The molecule has 0 spiro atoms. The largest absolute Gasteiger partial charge is 0.480 e. The predicted molar refractivity (Wildman–Crippen MR) is 136 cm³/mol. The monoisotopic (exact) mass is 532 g/mol. The summed E-state index contributed by atoms with van der Waals surface area (Å²) in [6, 6.07) is 14.6. The second-order valence-electron chi connectivity index (χ2n) is 8.21. The van der Waals surface area contributed by atoms with Gasteiger partial charge in [-0.1, -0.05) is 6.07 Å². The summed E-state index contributed by atoms with van der Waals surface area (Å²) < 4.78 is 62.5. The van der Waals surface area contributed by atoms with Gasteiger partial charge in [-0.3, -0.25) is 9.40 Å². The molecular weight excluding hydrogens is 514 g/mol. The van der Waals surface area contributed by atoms with E-state index in [2.05, 4.69) is 19.8 Å². The zero-order chi connectivity index (χ0) is 27.0. The summed E-state index contributed by atoms with van der Waals surface area (Å²) in [5, 5.41) is 14.4. The number of nitrogens with one attached hydrogen (secondary N) is 1. The molecule has 38 heavy (non-hydrogen) atoms. The molecule has 0 aliphatic rings. The summed E-state index contributed by atoms with van der Waals surface area (Å²) in [7, 11) is -1.31. The summed E-state index contributed by atoms with van der Waals surface area (Å²) in [5.74, 6) is -2.16. The summed E-state index contributed by atoms with van der Waals surface area (Å²) in [6.45, 7) is 0. The van der Waals surface area contributed by atoms with Crippen LogP contribution < -0.4 is 9.46 Å². The Labute approximate surface area is 216 Å². The van der Waals surface area contributed by atoms with Crippen molar-refractivity contribution >= 4 is 26.6 Å². The number of rotatable bonds is 6. The van der Waals surface area contributed by atoms with Crippen LogP contribution in [0.15, 0.2) is 71.9 Å². The van der Waals surface area contributed by atoms with Gasteiger partial charge in [0.05, 0.1) is 18.3 Å². The van der Waals surface area contributed by atoms with Gasteiger partial charge in [-0.25, -0.2) is 27.2 Å². The van der Waals surface area contributed by atoms with Crippen LogP contribution in [-0.4, -0.2) is 35.3 Å².